The Balaban J connectivity index is 1.76. The second-order valence-corrected chi connectivity index (χ2v) is 6.21. The largest absolute Gasteiger partial charge is 0.489 e. The Labute approximate surface area is 170 Å². The van der Waals surface area contributed by atoms with E-state index in [0.717, 1.165) is 16.9 Å². The molecule has 0 amide bonds. The lowest BCUT2D eigenvalue weighted by molar-refractivity contribution is -0.145. The number of allylic oxidation sites excluding steroid dienone is 3. The molecule has 0 aliphatic rings. The fourth-order valence-electron chi connectivity index (χ4n) is 2.40. The number of benzene rings is 2. The van der Waals surface area contributed by atoms with Crippen LogP contribution >= 0.6 is 0 Å². The van der Waals surface area contributed by atoms with E-state index < -0.39 is 5.97 Å². The fourth-order valence-corrected chi connectivity index (χ4v) is 2.40. The van der Waals surface area contributed by atoms with Crippen molar-refractivity contribution in [2.75, 3.05) is 6.61 Å². The second-order valence-electron chi connectivity index (χ2n) is 6.21. The van der Waals surface area contributed by atoms with Gasteiger partial charge in [0.25, 0.3) is 0 Å². The molecule has 0 saturated heterocycles. The van der Waals surface area contributed by atoms with E-state index in [4.69, 9.17) is 9.47 Å². The number of hydrogen-bond donors (Lipinski definition) is 0. The third-order valence-corrected chi connectivity index (χ3v) is 3.84. The summed E-state index contributed by atoms with van der Waals surface area (Å²) in [6.07, 6.45) is 5.62. The molecular formula is C24H24O5. The molecule has 0 saturated carbocycles. The van der Waals surface area contributed by atoms with Gasteiger partial charge in [0.15, 0.2) is 5.78 Å². The first kappa shape index (κ1) is 21.8. The summed E-state index contributed by atoms with van der Waals surface area (Å²) in [7, 11) is 0. The number of carbonyl (C=O) groups excluding carboxylic acids is 3. The first-order chi connectivity index (χ1) is 14.1. The Hall–Kier alpha value is -3.47. The zero-order valence-corrected chi connectivity index (χ0v) is 16.4. The van der Waals surface area contributed by atoms with Crippen LogP contribution in [0.15, 0.2) is 72.8 Å². The molecule has 0 bridgehead atoms. The van der Waals surface area contributed by atoms with Gasteiger partial charge in [0, 0.05) is 6.42 Å². The van der Waals surface area contributed by atoms with Crippen molar-refractivity contribution in [1.29, 1.82) is 0 Å². The molecular weight excluding hydrogens is 368 g/mol. The molecule has 0 atom stereocenters. The van der Waals surface area contributed by atoms with Crippen molar-refractivity contribution >= 4 is 23.6 Å². The zero-order valence-electron chi connectivity index (χ0n) is 16.4. The lowest BCUT2D eigenvalue weighted by Gasteiger charge is -2.06. The van der Waals surface area contributed by atoms with Gasteiger partial charge in [-0.15, -0.1) is 0 Å². The molecule has 0 unspecified atom stereocenters. The number of Topliss-reactive ketones (excluding diaryl/α,β-unsaturated/α-hetero) is 1. The molecule has 2 aromatic rings. The van der Waals surface area contributed by atoms with Gasteiger partial charge in [-0.1, -0.05) is 54.6 Å². The Morgan fingerprint density at radius 2 is 1.66 bits per heavy atom. The summed E-state index contributed by atoms with van der Waals surface area (Å²) in [5.41, 5.74) is 1.95. The summed E-state index contributed by atoms with van der Waals surface area (Å²) >= 11 is 0. The second kappa shape index (κ2) is 12.1. The van der Waals surface area contributed by atoms with E-state index >= 15 is 0 Å². The average Bonchev–Trinajstić information content (AvgIpc) is 2.72. The highest BCUT2D eigenvalue weighted by atomic mass is 16.5. The number of esters is 1. The van der Waals surface area contributed by atoms with Crippen molar-refractivity contribution in [3.8, 4) is 5.75 Å². The van der Waals surface area contributed by atoms with E-state index in [0.29, 0.717) is 6.61 Å². The van der Waals surface area contributed by atoms with Gasteiger partial charge < -0.3 is 9.47 Å². The van der Waals surface area contributed by atoms with Gasteiger partial charge in [0.05, 0.1) is 6.61 Å². The number of hydrogen-bond acceptors (Lipinski definition) is 5. The Kier molecular flexibility index (Phi) is 9.09. The maximum Gasteiger partial charge on any atom is 0.313 e. The number of rotatable bonds is 11. The predicted octanol–water partition coefficient (Wildman–Crippen LogP) is 4.32. The predicted molar refractivity (Wildman–Crippen MR) is 111 cm³/mol. The molecule has 5 heteroatoms. The molecule has 0 aliphatic carbocycles. The smallest absolute Gasteiger partial charge is 0.313 e. The van der Waals surface area contributed by atoms with Crippen LogP contribution in [0.3, 0.4) is 0 Å². The SMILES string of the molecule is CCOC(=O)CC(=O)C/C=C/C(=O)/C=C/c1ccc(OCc2ccccc2)cc1. The summed E-state index contributed by atoms with van der Waals surface area (Å²) in [4.78, 5) is 34.6. The molecule has 0 N–H and O–H groups in total. The van der Waals surface area contributed by atoms with E-state index in [1.54, 1.807) is 13.0 Å². The highest BCUT2D eigenvalue weighted by Crippen LogP contribution is 2.15. The van der Waals surface area contributed by atoms with Crippen LogP contribution in [0.1, 0.15) is 30.9 Å². The highest BCUT2D eigenvalue weighted by molar-refractivity contribution is 6.02. The monoisotopic (exact) mass is 392 g/mol. The standard InChI is InChI=1S/C24H24O5/c1-2-28-24(27)17-22(26)10-6-9-21(25)14-11-19-12-15-23(16-13-19)29-18-20-7-4-3-5-8-20/h3-9,11-16H,2,10,17-18H2,1H3/b9-6+,14-11+. The van der Waals surface area contributed by atoms with E-state index in [1.165, 1.54) is 18.2 Å². The third kappa shape index (κ3) is 8.84. The Morgan fingerprint density at radius 3 is 2.34 bits per heavy atom. The minimum atomic E-state index is -0.548. The van der Waals surface area contributed by atoms with Crippen molar-refractivity contribution < 1.29 is 23.9 Å². The molecule has 2 aromatic carbocycles. The topological polar surface area (TPSA) is 69.7 Å². The molecule has 0 spiro atoms. The van der Waals surface area contributed by atoms with Gasteiger partial charge in [-0.05, 0) is 42.3 Å². The van der Waals surface area contributed by atoms with Crippen LogP contribution in [0, 0.1) is 0 Å². The summed E-state index contributed by atoms with van der Waals surface area (Å²) in [6.45, 7) is 2.41. The van der Waals surface area contributed by atoms with Crippen LogP contribution in [-0.2, 0) is 25.7 Å². The van der Waals surface area contributed by atoms with Crippen molar-refractivity contribution in [2.24, 2.45) is 0 Å². The quantitative estimate of drug-likeness (QED) is 0.324. The molecule has 29 heavy (non-hydrogen) atoms. The number of carbonyl (C=O) groups is 3. The number of ether oxygens (including phenoxy) is 2. The van der Waals surface area contributed by atoms with Crippen LogP contribution < -0.4 is 4.74 Å². The van der Waals surface area contributed by atoms with Gasteiger partial charge in [0.1, 0.15) is 24.6 Å². The third-order valence-electron chi connectivity index (χ3n) is 3.84. The summed E-state index contributed by atoms with van der Waals surface area (Å²) < 4.78 is 10.4. The number of ketones is 2. The van der Waals surface area contributed by atoms with E-state index in [2.05, 4.69) is 0 Å². The minimum Gasteiger partial charge on any atom is -0.489 e. The van der Waals surface area contributed by atoms with Crippen molar-refractivity contribution in [3.05, 3.63) is 84.0 Å². The van der Waals surface area contributed by atoms with Gasteiger partial charge >= 0.3 is 5.97 Å². The van der Waals surface area contributed by atoms with E-state index in [9.17, 15) is 14.4 Å². The maximum atomic E-state index is 11.8. The first-order valence-corrected chi connectivity index (χ1v) is 9.39. The van der Waals surface area contributed by atoms with Crippen LogP contribution in [0.2, 0.25) is 0 Å². The van der Waals surface area contributed by atoms with Crippen molar-refractivity contribution in [1.82, 2.24) is 0 Å². The van der Waals surface area contributed by atoms with Gasteiger partial charge in [-0.3, -0.25) is 14.4 Å². The highest BCUT2D eigenvalue weighted by Gasteiger charge is 2.08. The molecule has 2 rings (SSSR count). The normalized spacial score (nSPS) is 10.9. The van der Waals surface area contributed by atoms with Crippen molar-refractivity contribution in [2.45, 2.75) is 26.4 Å². The fraction of sp³-hybridized carbons (Fsp3) is 0.208. The molecule has 0 heterocycles. The summed E-state index contributed by atoms with van der Waals surface area (Å²) in [6, 6.07) is 17.3. The average molecular weight is 392 g/mol. The van der Waals surface area contributed by atoms with Gasteiger partial charge in [-0.25, -0.2) is 0 Å². The minimum absolute atomic E-state index is 0.0197. The summed E-state index contributed by atoms with van der Waals surface area (Å²) in [5.74, 6) is -0.327. The first-order valence-electron chi connectivity index (χ1n) is 9.39. The molecule has 0 aliphatic heterocycles. The molecule has 0 fully saturated rings. The van der Waals surface area contributed by atoms with Crippen molar-refractivity contribution in [3.63, 3.8) is 0 Å². The van der Waals surface area contributed by atoms with E-state index in [1.807, 2.05) is 54.6 Å². The van der Waals surface area contributed by atoms with E-state index in [-0.39, 0.29) is 31.0 Å². The van der Waals surface area contributed by atoms with Gasteiger partial charge in [0.2, 0.25) is 0 Å². The summed E-state index contributed by atoms with van der Waals surface area (Å²) in [5, 5.41) is 0. The van der Waals surface area contributed by atoms with Crippen LogP contribution in [0.5, 0.6) is 5.75 Å². The zero-order chi connectivity index (χ0) is 20.9. The Morgan fingerprint density at radius 1 is 0.931 bits per heavy atom. The van der Waals surface area contributed by atoms with Crippen LogP contribution in [0.25, 0.3) is 6.08 Å². The maximum absolute atomic E-state index is 11.8. The van der Waals surface area contributed by atoms with Crippen LogP contribution in [-0.4, -0.2) is 24.1 Å². The van der Waals surface area contributed by atoms with Gasteiger partial charge in [-0.2, -0.15) is 0 Å². The lowest BCUT2D eigenvalue weighted by Crippen LogP contribution is -2.10. The molecule has 150 valence electrons. The Bertz CT molecular complexity index is 864. The lowest BCUT2D eigenvalue weighted by atomic mass is 10.1. The molecule has 0 radical (unpaired) electrons. The molecule has 0 aromatic heterocycles. The van der Waals surface area contributed by atoms with Crippen LogP contribution in [0.4, 0.5) is 0 Å². The molecule has 5 nitrogen and oxygen atoms in total.